The molecule has 6 nitrogen and oxygen atoms in total. The number of carbonyl (C=O) groups excluding carboxylic acids is 1. The van der Waals surface area contributed by atoms with Gasteiger partial charge in [-0.05, 0) is 35.0 Å². The van der Waals surface area contributed by atoms with Gasteiger partial charge >= 0.3 is 11.9 Å². The number of carbonyl (C=O) groups is 2. The molecule has 1 aromatic rings. The average Bonchev–Trinajstić information content (AvgIpc) is 2.39. The fraction of sp³-hybridized carbons (Fsp3) is 0.333. The van der Waals surface area contributed by atoms with Gasteiger partial charge in [0.15, 0.2) is 0 Å². The van der Waals surface area contributed by atoms with E-state index in [1.165, 1.54) is 13.0 Å². The van der Waals surface area contributed by atoms with Crippen LogP contribution in [-0.4, -0.2) is 34.9 Å². The molecule has 118 valence electrons. The van der Waals surface area contributed by atoms with Crippen molar-refractivity contribution < 1.29 is 28.9 Å². The predicted molar refractivity (Wildman–Crippen MR) is 78.5 cm³/mol. The first kappa shape index (κ1) is 19.6. The molecular weight excluding hydrogens is 372 g/mol. The lowest BCUT2D eigenvalue weighted by atomic mass is 9.96. The third-order valence-electron chi connectivity index (χ3n) is 2.56. The van der Waals surface area contributed by atoms with Crippen molar-refractivity contribution in [2.24, 2.45) is 5.73 Å². The second-order valence-corrected chi connectivity index (χ2v) is 4.70. The number of aromatic carboxylic acids is 1. The summed E-state index contributed by atoms with van der Waals surface area (Å²) in [6, 6.07) is 0.781. The first-order valence-corrected chi connectivity index (χ1v) is 6.41. The third kappa shape index (κ3) is 4.29. The van der Waals surface area contributed by atoms with E-state index in [0.717, 1.165) is 6.07 Å². The monoisotopic (exact) mass is 385 g/mol. The highest BCUT2D eigenvalue weighted by molar-refractivity contribution is 9.10. The van der Waals surface area contributed by atoms with E-state index < -0.39 is 29.9 Å². The minimum Gasteiger partial charge on any atom is -0.506 e. The number of benzene rings is 1. The number of hydrogen-bond acceptors (Lipinski definition) is 5. The molecule has 0 aromatic heterocycles. The Kier molecular flexibility index (Phi) is 7.62. The molecule has 0 saturated carbocycles. The van der Waals surface area contributed by atoms with Gasteiger partial charge in [-0.25, -0.2) is 14.0 Å². The van der Waals surface area contributed by atoms with Gasteiger partial charge in [-0.15, -0.1) is 12.4 Å². The summed E-state index contributed by atoms with van der Waals surface area (Å²) in [5.41, 5.74) is 4.81. The second-order valence-electron chi connectivity index (χ2n) is 3.84. The number of esters is 1. The third-order valence-corrected chi connectivity index (χ3v) is 3.20. The van der Waals surface area contributed by atoms with Crippen LogP contribution < -0.4 is 5.73 Å². The molecule has 1 unspecified atom stereocenters. The average molecular weight is 387 g/mol. The van der Waals surface area contributed by atoms with Gasteiger partial charge in [0.1, 0.15) is 5.75 Å². The number of carboxylic acids is 1. The lowest BCUT2D eigenvalue weighted by molar-refractivity contribution is -0.149. The molecule has 2 atom stereocenters. The largest absolute Gasteiger partial charge is 0.506 e. The van der Waals surface area contributed by atoms with Gasteiger partial charge in [0.2, 0.25) is 6.17 Å². The summed E-state index contributed by atoms with van der Waals surface area (Å²) in [4.78, 5) is 22.4. The smallest absolute Gasteiger partial charge is 0.342 e. The lowest BCUT2D eigenvalue weighted by Crippen LogP contribution is -2.32. The van der Waals surface area contributed by atoms with E-state index in [4.69, 9.17) is 10.8 Å². The zero-order valence-corrected chi connectivity index (χ0v) is 13.3. The molecule has 1 aromatic carbocycles. The van der Waals surface area contributed by atoms with Crippen LogP contribution >= 0.6 is 28.3 Å². The lowest BCUT2D eigenvalue weighted by Gasteiger charge is -2.19. The van der Waals surface area contributed by atoms with Gasteiger partial charge in [0, 0.05) is 5.56 Å². The minimum absolute atomic E-state index is 0. The quantitative estimate of drug-likeness (QED) is 0.669. The highest BCUT2D eigenvalue weighted by Crippen LogP contribution is 2.36. The van der Waals surface area contributed by atoms with Crippen LogP contribution in [0.2, 0.25) is 0 Å². The number of phenolic OH excluding ortho intramolecular Hbond substituents is 1. The van der Waals surface area contributed by atoms with Crippen LogP contribution in [0.4, 0.5) is 4.39 Å². The summed E-state index contributed by atoms with van der Waals surface area (Å²) in [6.45, 7) is 1.46. The Morgan fingerprint density at radius 3 is 2.52 bits per heavy atom. The van der Waals surface area contributed by atoms with Crippen LogP contribution in [0.25, 0.3) is 0 Å². The number of carboxylic acid groups (broad SMARTS) is 1. The molecular formula is C12H14BrClFNO5. The number of aromatic hydroxyl groups is 1. The second kappa shape index (κ2) is 8.16. The molecule has 0 aliphatic heterocycles. The van der Waals surface area contributed by atoms with Gasteiger partial charge in [0.25, 0.3) is 0 Å². The summed E-state index contributed by atoms with van der Waals surface area (Å²) in [7, 11) is 0. The van der Waals surface area contributed by atoms with Crippen LogP contribution in [-0.2, 0) is 9.53 Å². The molecule has 0 spiro atoms. The molecule has 1 rings (SSSR count). The number of halogens is 3. The predicted octanol–water partition coefficient (Wildman–Crippen LogP) is 2.18. The summed E-state index contributed by atoms with van der Waals surface area (Å²) >= 11 is 2.98. The number of nitrogens with two attached hydrogens (primary N) is 1. The van der Waals surface area contributed by atoms with E-state index >= 15 is 0 Å². The molecule has 0 aliphatic carbocycles. The van der Waals surface area contributed by atoms with E-state index in [-0.39, 0.29) is 34.6 Å². The normalized spacial score (nSPS) is 13.0. The van der Waals surface area contributed by atoms with Crippen LogP contribution in [0, 0.1) is 0 Å². The summed E-state index contributed by atoms with van der Waals surface area (Å²) in [6.07, 6.45) is -2.28. The summed E-state index contributed by atoms with van der Waals surface area (Å²) in [5.74, 6) is -3.13. The van der Waals surface area contributed by atoms with E-state index in [0.29, 0.717) is 0 Å². The van der Waals surface area contributed by atoms with Crippen LogP contribution in [0.1, 0.15) is 28.9 Å². The highest BCUT2D eigenvalue weighted by Gasteiger charge is 2.33. The van der Waals surface area contributed by atoms with Crippen LogP contribution in [0.15, 0.2) is 16.6 Å². The SMILES string of the molecule is CCOC(=O)C(F)[C@@H](N)c1c(C(=O)O)ccc(Br)c1O.Cl. The zero-order valence-electron chi connectivity index (χ0n) is 10.9. The van der Waals surface area contributed by atoms with Crippen molar-refractivity contribution in [3.8, 4) is 5.75 Å². The van der Waals surface area contributed by atoms with Crippen molar-refractivity contribution >= 4 is 40.3 Å². The molecule has 0 saturated heterocycles. The maximum absolute atomic E-state index is 13.9. The fourth-order valence-electron chi connectivity index (χ4n) is 1.62. The summed E-state index contributed by atoms with van der Waals surface area (Å²) in [5, 5.41) is 18.9. The zero-order chi connectivity index (χ0) is 15.4. The molecule has 0 amide bonds. The topological polar surface area (TPSA) is 110 Å². The number of alkyl halides is 1. The Bertz CT molecular complexity index is 543. The van der Waals surface area contributed by atoms with Crippen LogP contribution in [0.5, 0.6) is 5.75 Å². The number of rotatable bonds is 5. The maximum Gasteiger partial charge on any atom is 0.342 e. The molecule has 4 N–H and O–H groups in total. The molecule has 0 radical (unpaired) electrons. The van der Waals surface area contributed by atoms with Crippen molar-refractivity contribution in [3.05, 3.63) is 27.7 Å². The van der Waals surface area contributed by atoms with E-state index in [9.17, 15) is 19.1 Å². The molecule has 0 fully saturated rings. The van der Waals surface area contributed by atoms with Gasteiger partial charge in [0.05, 0.1) is 22.7 Å². The maximum atomic E-state index is 13.9. The van der Waals surface area contributed by atoms with Crippen molar-refractivity contribution in [3.63, 3.8) is 0 Å². The molecule has 9 heteroatoms. The number of ether oxygens (including phenoxy) is 1. The molecule has 0 aliphatic rings. The van der Waals surface area contributed by atoms with Crippen molar-refractivity contribution in [1.29, 1.82) is 0 Å². The Balaban J connectivity index is 0.00000400. The highest BCUT2D eigenvalue weighted by atomic mass is 79.9. The van der Waals surface area contributed by atoms with Crippen molar-refractivity contribution in [2.45, 2.75) is 19.1 Å². The number of hydrogen-bond donors (Lipinski definition) is 3. The Morgan fingerprint density at radius 1 is 1.48 bits per heavy atom. The summed E-state index contributed by atoms with van der Waals surface area (Å²) < 4.78 is 18.5. The number of phenols is 1. The Morgan fingerprint density at radius 2 is 2.05 bits per heavy atom. The van der Waals surface area contributed by atoms with E-state index in [2.05, 4.69) is 20.7 Å². The van der Waals surface area contributed by atoms with Crippen LogP contribution in [0.3, 0.4) is 0 Å². The van der Waals surface area contributed by atoms with Gasteiger partial charge < -0.3 is 20.7 Å². The van der Waals surface area contributed by atoms with E-state index in [1.807, 2.05) is 0 Å². The first-order chi connectivity index (χ1) is 9.31. The van der Waals surface area contributed by atoms with Gasteiger partial charge in [-0.1, -0.05) is 0 Å². The van der Waals surface area contributed by atoms with Crippen molar-refractivity contribution in [1.82, 2.24) is 0 Å². The molecule has 0 heterocycles. The Labute approximate surface area is 134 Å². The first-order valence-electron chi connectivity index (χ1n) is 5.62. The fourth-order valence-corrected chi connectivity index (χ4v) is 1.97. The van der Waals surface area contributed by atoms with Gasteiger partial charge in [-0.2, -0.15) is 0 Å². The van der Waals surface area contributed by atoms with Crippen molar-refractivity contribution in [2.75, 3.05) is 6.61 Å². The molecule has 0 bridgehead atoms. The molecule has 21 heavy (non-hydrogen) atoms. The standard InChI is InChI=1S/C12H13BrFNO5.ClH/c1-2-20-12(19)8(14)9(15)7-5(11(17)18)3-4-6(13)10(7)16;/h3-4,8-9,16H,2,15H2,1H3,(H,17,18);1H/t8?,9-;/m0./s1. The van der Waals surface area contributed by atoms with Gasteiger partial charge in [-0.3, -0.25) is 0 Å². The Hall–Kier alpha value is -1.38. The van der Waals surface area contributed by atoms with E-state index in [1.54, 1.807) is 0 Å². The minimum atomic E-state index is -2.28.